The second kappa shape index (κ2) is 5.00. The molecule has 0 radical (unpaired) electrons. The molecule has 2 N–H and O–H groups in total. The summed E-state index contributed by atoms with van der Waals surface area (Å²) in [5, 5.41) is 0. The second-order valence-electron chi connectivity index (χ2n) is 6.09. The first kappa shape index (κ1) is 12.7. The minimum atomic E-state index is -0.0255. The molecule has 104 valence electrons. The molecular formula is C15H22N2O2. The quantitative estimate of drug-likeness (QED) is 0.905. The summed E-state index contributed by atoms with van der Waals surface area (Å²) in [5.41, 5.74) is 5.49. The molecule has 1 heterocycles. The van der Waals surface area contributed by atoms with Crippen molar-refractivity contribution in [3.63, 3.8) is 0 Å². The molecule has 4 nitrogen and oxygen atoms in total. The molecule has 2 bridgehead atoms. The van der Waals surface area contributed by atoms with Gasteiger partial charge in [-0.15, -0.1) is 0 Å². The van der Waals surface area contributed by atoms with Crippen LogP contribution < -0.4 is 5.73 Å². The van der Waals surface area contributed by atoms with Crippen molar-refractivity contribution in [1.29, 1.82) is 0 Å². The third kappa shape index (κ3) is 2.41. The molecule has 1 amide bonds. The van der Waals surface area contributed by atoms with Gasteiger partial charge in [0.25, 0.3) is 5.91 Å². The number of rotatable bonds is 4. The van der Waals surface area contributed by atoms with Crippen molar-refractivity contribution < 1.29 is 9.21 Å². The van der Waals surface area contributed by atoms with Crippen molar-refractivity contribution in [3.05, 3.63) is 23.7 Å². The maximum Gasteiger partial charge on any atom is 0.289 e. The minimum absolute atomic E-state index is 0.0255. The molecule has 2 aliphatic rings. The smallest absolute Gasteiger partial charge is 0.289 e. The lowest BCUT2D eigenvalue weighted by molar-refractivity contribution is 0.0721. The molecule has 4 heteroatoms. The van der Waals surface area contributed by atoms with Crippen LogP contribution in [0.5, 0.6) is 0 Å². The normalized spacial score (nSPS) is 28.8. The van der Waals surface area contributed by atoms with Gasteiger partial charge in [-0.05, 0) is 49.1 Å². The van der Waals surface area contributed by atoms with E-state index in [1.807, 2.05) is 11.9 Å². The average molecular weight is 262 g/mol. The van der Waals surface area contributed by atoms with Gasteiger partial charge in [-0.2, -0.15) is 0 Å². The number of hydrogen-bond acceptors (Lipinski definition) is 3. The van der Waals surface area contributed by atoms with Crippen molar-refractivity contribution >= 4 is 5.91 Å². The van der Waals surface area contributed by atoms with Crippen molar-refractivity contribution in [2.75, 3.05) is 13.6 Å². The zero-order valence-electron chi connectivity index (χ0n) is 11.5. The highest BCUT2D eigenvalue weighted by atomic mass is 16.4. The van der Waals surface area contributed by atoms with Crippen LogP contribution in [0.25, 0.3) is 0 Å². The maximum atomic E-state index is 12.3. The largest absolute Gasteiger partial charge is 0.455 e. The van der Waals surface area contributed by atoms with Crippen LogP contribution in [0.2, 0.25) is 0 Å². The van der Waals surface area contributed by atoms with Gasteiger partial charge in [0.2, 0.25) is 0 Å². The lowest BCUT2D eigenvalue weighted by Crippen LogP contribution is -2.33. The van der Waals surface area contributed by atoms with Crippen molar-refractivity contribution in [1.82, 2.24) is 4.90 Å². The highest BCUT2D eigenvalue weighted by Gasteiger charge is 2.40. The minimum Gasteiger partial charge on any atom is -0.455 e. The van der Waals surface area contributed by atoms with Gasteiger partial charge >= 0.3 is 0 Å². The summed E-state index contributed by atoms with van der Waals surface area (Å²) in [7, 11) is 1.87. The number of nitrogens with two attached hydrogens (primary N) is 1. The predicted octanol–water partition coefficient (Wildman–Crippen LogP) is 2.25. The Morgan fingerprint density at radius 1 is 1.42 bits per heavy atom. The molecule has 3 rings (SSSR count). The Labute approximate surface area is 113 Å². The molecule has 0 saturated heterocycles. The Morgan fingerprint density at radius 2 is 2.26 bits per heavy atom. The molecule has 3 atom stereocenters. The summed E-state index contributed by atoms with van der Waals surface area (Å²) in [6.07, 6.45) is 5.44. The summed E-state index contributed by atoms with van der Waals surface area (Å²) >= 11 is 0. The summed E-state index contributed by atoms with van der Waals surface area (Å²) < 4.78 is 5.43. The van der Waals surface area contributed by atoms with E-state index in [9.17, 15) is 4.79 Å². The summed E-state index contributed by atoms with van der Waals surface area (Å²) in [5.74, 6) is 3.50. The number of furan rings is 1. The fourth-order valence-electron chi connectivity index (χ4n) is 3.83. The van der Waals surface area contributed by atoms with Gasteiger partial charge in [0.1, 0.15) is 5.76 Å². The van der Waals surface area contributed by atoms with E-state index in [2.05, 4.69) is 0 Å². The van der Waals surface area contributed by atoms with Gasteiger partial charge in [-0.1, -0.05) is 6.42 Å². The van der Waals surface area contributed by atoms with Gasteiger partial charge in [-0.3, -0.25) is 4.79 Å². The molecule has 1 aromatic rings. The number of carbonyl (C=O) groups is 1. The van der Waals surface area contributed by atoms with E-state index >= 15 is 0 Å². The molecule has 2 saturated carbocycles. The van der Waals surface area contributed by atoms with Crippen LogP contribution in [0.4, 0.5) is 0 Å². The molecule has 2 fully saturated rings. The van der Waals surface area contributed by atoms with E-state index in [1.54, 1.807) is 12.1 Å². The molecular weight excluding hydrogens is 240 g/mol. The Bertz CT molecular complexity index is 468. The van der Waals surface area contributed by atoms with Crippen LogP contribution in [0.1, 0.15) is 42.0 Å². The number of hydrogen-bond donors (Lipinski definition) is 1. The SMILES string of the molecule is CN(CC1CC2CCC1C2)C(=O)c1ccc(CN)o1. The van der Waals surface area contributed by atoms with Crippen LogP contribution in [0.15, 0.2) is 16.5 Å². The standard InChI is InChI=1S/C15H22N2O2/c1-17(9-12-7-10-2-3-11(12)6-10)15(18)14-5-4-13(8-16)19-14/h4-5,10-12H,2-3,6-9,16H2,1H3. The van der Waals surface area contributed by atoms with E-state index < -0.39 is 0 Å². The molecule has 2 aliphatic carbocycles. The van der Waals surface area contributed by atoms with Crippen LogP contribution in [0.3, 0.4) is 0 Å². The van der Waals surface area contributed by atoms with Gasteiger partial charge in [-0.25, -0.2) is 0 Å². The van der Waals surface area contributed by atoms with E-state index in [0.29, 0.717) is 24.0 Å². The summed E-state index contributed by atoms with van der Waals surface area (Å²) in [6.45, 7) is 1.20. The molecule has 0 spiro atoms. The average Bonchev–Trinajstić information content (AvgIpc) is 3.13. The lowest BCUT2D eigenvalue weighted by Gasteiger charge is -2.26. The zero-order chi connectivity index (χ0) is 13.4. The van der Waals surface area contributed by atoms with Gasteiger partial charge < -0.3 is 15.1 Å². The third-order valence-electron chi connectivity index (χ3n) is 4.81. The first-order valence-corrected chi connectivity index (χ1v) is 7.21. The lowest BCUT2D eigenvalue weighted by atomic mass is 9.88. The Hall–Kier alpha value is -1.29. The van der Waals surface area contributed by atoms with Gasteiger partial charge in [0.15, 0.2) is 5.76 Å². The van der Waals surface area contributed by atoms with Crippen LogP contribution in [0, 0.1) is 17.8 Å². The third-order valence-corrected chi connectivity index (χ3v) is 4.81. The van der Waals surface area contributed by atoms with Crippen molar-refractivity contribution in [3.8, 4) is 0 Å². The molecule has 1 aromatic heterocycles. The van der Waals surface area contributed by atoms with E-state index in [-0.39, 0.29) is 5.91 Å². The molecule has 0 aromatic carbocycles. The summed E-state index contributed by atoms with van der Waals surface area (Å²) in [6, 6.07) is 3.50. The first-order chi connectivity index (χ1) is 9.17. The van der Waals surface area contributed by atoms with Gasteiger partial charge in [0, 0.05) is 13.6 Å². The highest BCUT2D eigenvalue weighted by Crippen LogP contribution is 2.48. The monoisotopic (exact) mass is 262 g/mol. The Morgan fingerprint density at radius 3 is 2.84 bits per heavy atom. The highest BCUT2D eigenvalue weighted by molar-refractivity contribution is 5.91. The van der Waals surface area contributed by atoms with Crippen LogP contribution in [-0.2, 0) is 6.54 Å². The van der Waals surface area contributed by atoms with Crippen molar-refractivity contribution in [2.24, 2.45) is 23.5 Å². The Balaban J connectivity index is 1.60. The molecule has 0 aliphatic heterocycles. The Kier molecular flexibility index (Phi) is 3.35. The summed E-state index contributed by atoms with van der Waals surface area (Å²) in [4.78, 5) is 14.1. The fraction of sp³-hybridized carbons (Fsp3) is 0.667. The number of amides is 1. The van der Waals surface area contributed by atoms with Crippen LogP contribution >= 0.6 is 0 Å². The first-order valence-electron chi connectivity index (χ1n) is 7.21. The number of nitrogens with zero attached hydrogens (tertiary/aromatic N) is 1. The van der Waals surface area contributed by atoms with E-state index in [1.165, 1.54) is 25.7 Å². The number of fused-ring (bicyclic) bond motifs is 2. The molecule has 19 heavy (non-hydrogen) atoms. The van der Waals surface area contributed by atoms with E-state index in [4.69, 9.17) is 10.2 Å². The topological polar surface area (TPSA) is 59.5 Å². The second-order valence-corrected chi connectivity index (χ2v) is 6.09. The molecule has 3 unspecified atom stereocenters. The van der Waals surface area contributed by atoms with Gasteiger partial charge in [0.05, 0.1) is 6.54 Å². The maximum absolute atomic E-state index is 12.3. The number of carbonyl (C=O) groups excluding carboxylic acids is 1. The predicted molar refractivity (Wildman–Crippen MR) is 72.5 cm³/mol. The van der Waals surface area contributed by atoms with Crippen molar-refractivity contribution in [2.45, 2.75) is 32.2 Å². The van der Waals surface area contributed by atoms with Crippen LogP contribution in [-0.4, -0.2) is 24.4 Å². The van der Waals surface area contributed by atoms with E-state index in [0.717, 1.165) is 18.4 Å². The fourth-order valence-corrected chi connectivity index (χ4v) is 3.83. The zero-order valence-corrected chi connectivity index (χ0v) is 11.5.